The van der Waals surface area contributed by atoms with Gasteiger partial charge in [-0.1, -0.05) is 31.8 Å². The molecule has 0 unspecified atom stereocenters. The Hall–Kier alpha value is -1.83. The molecule has 0 bridgehead atoms. The standard InChI is InChI=1S/C19H28O2.C2H4/c1-4-19(20)17-11-13-18(14-12-17)21-15-9-7-5-6-8-10-16(2)3;1-2/h11-14H,2,4-10,15H2,1,3H3;1-2H2. The average Bonchev–Trinajstić information content (AvgIpc) is 2.58. The van der Waals surface area contributed by atoms with Gasteiger partial charge in [0, 0.05) is 12.0 Å². The van der Waals surface area contributed by atoms with E-state index in [0.717, 1.165) is 30.8 Å². The fourth-order valence-electron chi connectivity index (χ4n) is 2.19. The number of carbonyl (C=O) groups is 1. The van der Waals surface area contributed by atoms with Crippen molar-refractivity contribution in [3.63, 3.8) is 0 Å². The molecule has 0 radical (unpaired) electrons. The van der Waals surface area contributed by atoms with Gasteiger partial charge in [0.1, 0.15) is 5.75 Å². The molecule has 0 aliphatic rings. The predicted molar refractivity (Wildman–Crippen MR) is 100 cm³/mol. The molecule has 1 rings (SSSR count). The number of Topliss-reactive ketones (excluding diaryl/α,β-unsaturated/α-hetero) is 1. The third-order valence-electron chi connectivity index (χ3n) is 3.51. The fraction of sp³-hybridized carbons (Fsp3) is 0.476. The lowest BCUT2D eigenvalue weighted by Gasteiger charge is -2.07. The van der Waals surface area contributed by atoms with Crippen molar-refractivity contribution in [1.82, 2.24) is 0 Å². The summed E-state index contributed by atoms with van der Waals surface area (Å²) in [6, 6.07) is 7.46. The van der Waals surface area contributed by atoms with Crippen molar-refractivity contribution in [2.24, 2.45) is 0 Å². The SMILES string of the molecule is C=C.C=C(C)CCCCCCCOc1ccc(C(=O)CC)cc1. The van der Waals surface area contributed by atoms with Crippen molar-refractivity contribution in [2.75, 3.05) is 6.61 Å². The Balaban J connectivity index is 0.00000232. The number of hydrogen-bond acceptors (Lipinski definition) is 2. The lowest BCUT2D eigenvalue weighted by Crippen LogP contribution is -1.99. The lowest BCUT2D eigenvalue weighted by molar-refractivity contribution is 0.0988. The molecule has 1 aromatic carbocycles. The zero-order chi connectivity index (χ0) is 17.5. The number of ether oxygens (including phenoxy) is 1. The third-order valence-corrected chi connectivity index (χ3v) is 3.51. The number of ketones is 1. The van der Waals surface area contributed by atoms with Crippen LogP contribution in [-0.2, 0) is 0 Å². The van der Waals surface area contributed by atoms with Crippen LogP contribution in [0.15, 0.2) is 49.6 Å². The summed E-state index contributed by atoms with van der Waals surface area (Å²) in [5.74, 6) is 1.03. The molecule has 0 fully saturated rings. The minimum atomic E-state index is 0.177. The van der Waals surface area contributed by atoms with Gasteiger partial charge in [0.05, 0.1) is 6.61 Å². The van der Waals surface area contributed by atoms with Crippen molar-refractivity contribution < 1.29 is 9.53 Å². The maximum Gasteiger partial charge on any atom is 0.162 e. The number of hydrogen-bond donors (Lipinski definition) is 0. The van der Waals surface area contributed by atoms with Gasteiger partial charge in [-0.15, -0.1) is 19.7 Å². The number of rotatable bonds is 11. The second-order valence-corrected chi connectivity index (χ2v) is 5.62. The molecule has 0 saturated carbocycles. The topological polar surface area (TPSA) is 26.3 Å². The van der Waals surface area contributed by atoms with E-state index in [1.807, 2.05) is 31.2 Å². The van der Waals surface area contributed by atoms with Crippen molar-refractivity contribution in [3.05, 3.63) is 55.1 Å². The number of unbranched alkanes of at least 4 members (excludes halogenated alkanes) is 4. The Morgan fingerprint density at radius 3 is 2.13 bits per heavy atom. The molecule has 23 heavy (non-hydrogen) atoms. The summed E-state index contributed by atoms with van der Waals surface area (Å²) in [4.78, 5) is 11.5. The summed E-state index contributed by atoms with van der Waals surface area (Å²) in [5, 5.41) is 0. The fourth-order valence-corrected chi connectivity index (χ4v) is 2.19. The number of allylic oxidation sites excluding steroid dienone is 1. The van der Waals surface area contributed by atoms with E-state index in [0.29, 0.717) is 6.42 Å². The summed E-state index contributed by atoms with van der Waals surface area (Å²) >= 11 is 0. The molecule has 2 heteroatoms. The summed E-state index contributed by atoms with van der Waals surface area (Å²) in [5.41, 5.74) is 2.05. The van der Waals surface area contributed by atoms with Crippen molar-refractivity contribution in [3.8, 4) is 5.75 Å². The summed E-state index contributed by atoms with van der Waals surface area (Å²) in [7, 11) is 0. The molecule has 0 N–H and O–H groups in total. The molecule has 0 aliphatic carbocycles. The molecular formula is C21H32O2. The van der Waals surface area contributed by atoms with Crippen LogP contribution in [0.1, 0.15) is 69.2 Å². The highest BCUT2D eigenvalue weighted by molar-refractivity contribution is 5.95. The van der Waals surface area contributed by atoms with Crippen molar-refractivity contribution in [2.45, 2.75) is 58.8 Å². The van der Waals surface area contributed by atoms with E-state index in [1.165, 1.54) is 31.3 Å². The maximum absolute atomic E-state index is 11.5. The highest BCUT2D eigenvalue weighted by Gasteiger charge is 2.02. The van der Waals surface area contributed by atoms with Gasteiger partial charge in [0.25, 0.3) is 0 Å². The quantitative estimate of drug-likeness (QED) is 0.269. The third kappa shape index (κ3) is 10.5. The van der Waals surface area contributed by atoms with Crippen LogP contribution in [0.5, 0.6) is 5.75 Å². The van der Waals surface area contributed by atoms with E-state index in [1.54, 1.807) is 0 Å². The minimum absolute atomic E-state index is 0.177. The first-order valence-electron chi connectivity index (χ1n) is 8.54. The molecule has 2 nitrogen and oxygen atoms in total. The smallest absolute Gasteiger partial charge is 0.162 e. The number of carbonyl (C=O) groups excluding carboxylic acids is 1. The summed E-state index contributed by atoms with van der Waals surface area (Å²) < 4.78 is 5.69. The summed E-state index contributed by atoms with van der Waals surface area (Å²) in [6.07, 6.45) is 7.79. The summed E-state index contributed by atoms with van der Waals surface area (Å²) in [6.45, 7) is 14.6. The Morgan fingerprint density at radius 2 is 1.57 bits per heavy atom. The van der Waals surface area contributed by atoms with Crippen molar-refractivity contribution >= 4 is 5.78 Å². The van der Waals surface area contributed by atoms with Crippen LogP contribution >= 0.6 is 0 Å². The maximum atomic E-state index is 11.5. The van der Waals surface area contributed by atoms with Crippen LogP contribution in [-0.4, -0.2) is 12.4 Å². The van der Waals surface area contributed by atoms with Crippen LogP contribution in [0.25, 0.3) is 0 Å². The molecule has 128 valence electrons. The Morgan fingerprint density at radius 1 is 1.00 bits per heavy atom. The van der Waals surface area contributed by atoms with E-state index in [-0.39, 0.29) is 5.78 Å². The zero-order valence-electron chi connectivity index (χ0n) is 14.9. The van der Waals surface area contributed by atoms with Crippen LogP contribution < -0.4 is 4.74 Å². The van der Waals surface area contributed by atoms with Crippen LogP contribution in [0.3, 0.4) is 0 Å². The van der Waals surface area contributed by atoms with Gasteiger partial charge in [0.15, 0.2) is 5.78 Å². The lowest BCUT2D eigenvalue weighted by atomic mass is 10.1. The first-order chi connectivity index (χ1) is 11.1. The first kappa shape index (κ1) is 21.2. The van der Waals surface area contributed by atoms with Gasteiger partial charge in [-0.2, -0.15) is 0 Å². The Kier molecular flexibility index (Phi) is 12.7. The zero-order valence-corrected chi connectivity index (χ0v) is 14.9. The van der Waals surface area contributed by atoms with E-state index < -0.39 is 0 Å². The molecular weight excluding hydrogens is 284 g/mol. The first-order valence-corrected chi connectivity index (χ1v) is 8.54. The average molecular weight is 316 g/mol. The molecule has 0 spiro atoms. The van der Waals surface area contributed by atoms with Crippen molar-refractivity contribution in [1.29, 1.82) is 0 Å². The highest BCUT2D eigenvalue weighted by atomic mass is 16.5. The van der Waals surface area contributed by atoms with Gasteiger partial charge in [-0.25, -0.2) is 0 Å². The molecule has 0 aliphatic heterocycles. The molecule has 0 atom stereocenters. The largest absolute Gasteiger partial charge is 0.494 e. The number of benzene rings is 1. The van der Waals surface area contributed by atoms with Crippen LogP contribution in [0.2, 0.25) is 0 Å². The molecule has 0 heterocycles. The van der Waals surface area contributed by atoms with Gasteiger partial charge in [-0.3, -0.25) is 4.79 Å². The van der Waals surface area contributed by atoms with Gasteiger partial charge < -0.3 is 4.74 Å². The molecule has 0 amide bonds. The van der Waals surface area contributed by atoms with Gasteiger partial charge in [-0.05, 0) is 50.5 Å². The molecule has 1 aromatic rings. The normalized spacial score (nSPS) is 9.65. The monoisotopic (exact) mass is 316 g/mol. The molecule has 0 aromatic heterocycles. The predicted octanol–water partition coefficient (Wildman–Crippen LogP) is 6.38. The van der Waals surface area contributed by atoms with Crippen LogP contribution in [0, 0.1) is 0 Å². The Labute approximate surface area is 142 Å². The van der Waals surface area contributed by atoms with E-state index in [4.69, 9.17) is 4.74 Å². The molecule has 0 saturated heterocycles. The second-order valence-electron chi connectivity index (χ2n) is 5.62. The minimum Gasteiger partial charge on any atom is -0.494 e. The van der Waals surface area contributed by atoms with Gasteiger partial charge in [0.2, 0.25) is 0 Å². The highest BCUT2D eigenvalue weighted by Crippen LogP contribution is 2.14. The van der Waals surface area contributed by atoms with E-state index in [9.17, 15) is 4.79 Å². The van der Waals surface area contributed by atoms with E-state index in [2.05, 4.69) is 26.7 Å². The second kappa shape index (κ2) is 13.8. The van der Waals surface area contributed by atoms with E-state index >= 15 is 0 Å². The van der Waals surface area contributed by atoms with Crippen LogP contribution in [0.4, 0.5) is 0 Å². The van der Waals surface area contributed by atoms with Gasteiger partial charge >= 0.3 is 0 Å². The Bertz CT molecular complexity index is 445.